The molecule has 56 heavy (non-hydrogen) atoms. The van der Waals surface area contributed by atoms with Crippen molar-refractivity contribution in [2.24, 2.45) is 23.5 Å². The summed E-state index contributed by atoms with van der Waals surface area (Å²) in [6.45, 7) is 8.82. The molecule has 310 valence electrons. The minimum atomic E-state index is -1.32. The van der Waals surface area contributed by atoms with E-state index in [2.05, 4.69) is 26.6 Å². The maximum atomic E-state index is 14.4. The smallest absolute Gasteiger partial charge is 0.407 e. The van der Waals surface area contributed by atoms with Crippen LogP contribution in [0, 0.1) is 17.8 Å². The molecule has 0 aromatic heterocycles. The summed E-state index contributed by atoms with van der Waals surface area (Å²) < 4.78 is 10.6. The number of hydrogen-bond acceptors (Lipinski definition) is 10. The van der Waals surface area contributed by atoms with Gasteiger partial charge >= 0.3 is 12.2 Å². The Morgan fingerprint density at radius 1 is 0.839 bits per heavy atom. The Morgan fingerprint density at radius 3 is 2.05 bits per heavy atom. The van der Waals surface area contributed by atoms with Crippen molar-refractivity contribution < 1.29 is 47.8 Å². The fourth-order valence-electron chi connectivity index (χ4n) is 6.73. The van der Waals surface area contributed by atoms with Crippen LogP contribution in [0.3, 0.4) is 0 Å². The number of likely N-dealkylation sites (tertiary alicyclic amines) is 1. The normalized spacial score (nSPS) is 18.6. The summed E-state index contributed by atoms with van der Waals surface area (Å²) in [5.74, 6) is -5.16. The molecule has 2 aliphatic rings. The summed E-state index contributed by atoms with van der Waals surface area (Å²) in [5.41, 5.74) is 5.89. The average molecular weight is 786 g/mol. The third-order valence-electron chi connectivity index (χ3n) is 9.53. The van der Waals surface area contributed by atoms with Crippen LogP contribution >= 0.6 is 0 Å². The van der Waals surface area contributed by atoms with E-state index in [4.69, 9.17) is 15.2 Å². The van der Waals surface area contributed by atoms with Gasteiger partial charge in [0.15, 0.2) is 0 Å². The van der Waals surface area contributed by atoms with E-state index < -0.39 is 84.3 Å². The molecule has 17 heteroatoms. The van der Waals surface area contributed by atoms with E-state index in [9.17, 15) is 38.4 Å². The highest BCUT2D eigenvalue weighted by Crippen LogP contribution is 2.30. The van der Waals surface area contributed by atoms with Crippen LogP contribution in [0.25, 0.3) is 0 Å². The van der Waals surface area contributed by atoms with Gasteiger partial charge in [0, 0.05) is 6.54 Å². The molecule has 1 saturated heterocycles. The zero-order valence-corrected chi connectivity index (χ0v) is 33.1. The second kappa shape index (κ2) is 22.4. The van der Waals surface area contributed by atoms with Crippen molar-refractivity contribution in [3.05, 3.63) is 35.9 Å². The Balaban J connectivity index is 1.78. The SMILES string of the molecule is CCCC(NC(=O)C1C[C@H](NC(=O)OCC(C)C)CN1C(=O)[C@H](NC(=O)OCC(C)C)C1CCCCC1)C(=O)C(=O)NCC(=O)N[C@H](C(N)=O)c1ccccc1. The van der Waals surface area contributed by atoms with Crippen molar-refractivity contribution in [2.45, 2.75) is 116 Å². The van der Waals surface area contributed by atoms with Crippen molar-refractivity contribution >= 4 is 47.5 Å². The van der Waals surface area contributed by atoms with Gasteiger partial charge in [-0.15, -0.1) is 0 Å². The van der Waals surface area contributed by atoms with E-state index in [0.717, 1.165) is 19.3 Å². The molecule has 5 atom stereocenters. The Labute approximate surface area is 328 Å². The number of carbonyl (C=O) groups is 8. The highest BCUT2D eigenvalue weighted by atomic mass is 16.6. The molecule has 17 nitrogen and oxygen atoms in total. The van der Waals surface area contributed by atoms with E-state index in [1.54, 1.807) is 37.3 Å². The van der Waals surface area contributed by atoms with Crippen LogP contribution < -0.4 is 32.3 Å². The summed E-state index contributed by atoms with van der Waals surface area (Å²) in [6.07, 6.45) is 2.97. The third-order valence-corrected chi connectivity index (χ3v) is 9.53. The molecular weight excluding hydrogens is 726 g/mol. The van der Waals surface area contributed by atoms with E-state index >= 15 is 0 Å². The number of amides is 7. The van der Waals surface area contributed by atoms with Gasteiger partial charge < -0.3 is 46.7 Å². The highest BCUT2D eigenvalue weighted by molar-refractivity contribution is 6.38. The van der Waals surface area contributed by atoms with Crippen LogP contribution in [0.15, 0.2) is 30.3 Å². The molecule has 1 aliphatic heterocycles. The van der Waals surface area contributed by atoms with Crippen LogP contribution in [-0.2, 0) is 38.2 Å². The molecule has 7 amide bonds. The molecule has 1 heterocycles. The lowest BCUT2D eigenvalue weighted by atomic mass is 9.83. The van der Waals surface area contributed by atoms with E-state index in [1.807, 2.05) is 27.7 Å². The van der Waals surface area contributed by atoms with E-state index in [1.165, 1.54) is 4.90 Å². The second-order valence-corrected chi connectivity index (χ2v) is 15.3. The van der Waals surface area contributed by atoms with Crippen LogP contribution in [-0.4, -0.2) is 103 Å². The van der Waals surface area contributed by atoms with Crippen molar-refractivity contribution in [3.63, 3.8) is 0 Å². The van der Waals surface area contributed by atoms with Crippen LogP contribution in [0.2, 0.25) is 0 Å². The number of ketones is 1. The topological polar surface area (TPSA) is 244 Å². The standard InChI is InChI=1S/C39H59N7O10/c1-6-13-28(33(48)36(51)41-19-30(47)44-31(34(40)49)25-14-9-7-10-15-25)43-35(50)29-18-27(42-38(53)55-21-23(2)3)20-46(29)37(52)32(26-16-11-8-12-17-26)45-39(54)56-22-24(4)5/h7,9-10,14-15,23-24,26-29,31-32H,6,8,11-13,16-22H2,1-5H3,(H2,40,49)(H,41,51)(H,42,53)(H,43,50)(H,44,47)(H,45,54)/t27-,28?,29?,31-,32+/m0/s1. The monoisotopic (exact) mass is 785 g/mol. The number of hydrogen-bond donors (Lipinski definition) is 6. The summed E-state index contributed by atoms with van der Waals surface area (Å²) in [4.78, 5) is 106. The number of primary amides is 1. The molecule has 3 rings (SSSR count). The molecular formula is C39H59N7O10. The zero-order valence-electron chi connectivity index (χ0n) is 33.1. The lowest BCUT2D eigenvalue weighted by Gasteiger charge is -2.34. The fraction of sp³-hybridized carbons (Fsp3) is 0.641. The molecule has 1 aliphatic carbocycles. The van der Waals surface area contributed by atoms with Gasteiger partial charge in [-0.2, -0.15) is 0 Å². The number of nitrogens with zero attached hydrogens (tertiary/aromatic N) is 1. The Hall–Kier alpha value is -5.22. The number of carbonyl (C=O) groups excluding carboxylic acids is 8. The summed E-state index contributed by atoms with van der Waals surface area (Å²) in [6, 6.07) is 2.83. The number of ether oxygens (including phenoxy) is 2. The molecule has 2 unspecified atom stereocenters. The number of alkyl carbamates (subject to hydrolysis) is 2. The quantitative estimate of drug-likeness (QED) is 0.111. The predicted molar refractivity (Wildman–Crippen MR) is 204 cm³/mol. The first-order chi connectivity index (χ1) is 26.6. The largest absolute Gasteiger partial charge is 0.449 e. The molecule has 0 spiro atoms. The first-order valence-electron chi connectivity index (χ1n) is 19.5. The number of Topliss-reactive ketones (excluding diaryl/α,β-unsaturated/α-hetero) is 1. The molecule has 1 aromatic rings. The molecule has 0 radical (unpaired) electrons. The van der Waals surface area contributed by atoms with E-state index in [0.29, 0.717) is 24.8 Å². The molecule has 2 fully saturated rings. The van der Waals surface area contributed by atoms with Gasteiger partial charge in [-0.25, -0.2) is 9.59 Å². The number of nitrogens with two attached hydrogens (primary N) is 1. The molecule has 1 saturated carbocycles. The first-order valence-corrected chi connectivity index (χ1v) is 19.5. The van der Waals surface area contributed by atoms with Crippen LogP contribution in [0.5, 0.6) is 0 Å². The molecule has 1 aromatic carbocycles. The van der Waals surface area contributed by atoms with Gasteiger partial charge in [-0.05, 0) is 49.0 Å². The lowest BCUT2D eigenvalue weighted by molar-refractivity contribution is -0.143. The summed E-state index contributed by atoms with van der Waals surface area (Å²) in [7, 11) is 0. The minimum Gasteiger partial charge on any atom is -0.449 e. The maximum absolute atomic E-state index is 14.4. The van der Waals surface area contributed by atoms with Crippen molar-refractivity contribution in [1.29, 1.82) is 0 Å². The van der Waals surface area contributed by atoms with Crippen molar-refractivity contribution in [3.8, 4) is 0 Å². The average Bonchev–Trinajstić information content (AvgIpc) is 3.60. The van der Waals surface area contributed by atoms with Gasteiger partial charge in [0.25, 0.3) is 5.91 Å². The summed E-state index contributed by atoms with van der Waals surface area (Å²) in [5, 5.41) is 12.8. The third kappa shape index (κ3) is 14.1. The van der Waals surface area contributed by atoms with Gasteiger partial charge in [0.2, 0.25) is 29.4 Å². The second-order valence-electron chi connectivity index (χ2n) is 15.3. The van der Waals surface area contributed by atoms with Gasteiger partial charge in [0.1, 0.15) is 18.1 Å². The van der Waals surface area contributed by atoms with Gasteiger partial charge in [-0.1, -0.05) is 90.6 Å². The Kier molecular flexibility index (Phi) is 18.0. The summed E-state index contributed by atoms with van der Waals surface area (Å²) >= 11 is 0. The Bertz CT molecular complexity index is 1530. The van der Waals surface area contributed by atoms with Crippen molar-refractivity contribution in [2.75, 3.05) is 26.3 Å². The number of nitrogens with one attached hydrogen (secondary N) is 5. The van der Waals surface area contributed by atoms with E-state index in [-0.39, 0.29) is 50.4 Å². The minimum absolute atomic E-state index is 0.0363. The predicted octanol–water partition coefficient (Wildman–Crippen LogP) is 1.98. The first kappa shape index (κ1) is 45.2. The maximum Gasteiger partial charge on any atom is 0.407 e. The van der Waals surface area contributed by atoms with Crippen LogP contribution in [0.1, 0.15) is 97.6 Å². The lowest BCUT2D eigenvalue weighted by Crippen LogP contribution is -2.58. The molecule has 7 N–H and O–H groups in total. The number of rotatable bonds is 19. The van der Waals surface area contributed by atoms with Crippen molar-refractivity contribution in [1.82, 2.24) is 31.5 Å². The van der Waals surface area contributed by atoms with Crippen LogP contribution in [0.4, 0.5) is 9.59 Å². The molecule has 0 bridgehead atoms. The highest BCUT2D eigenvalue weighted by Gasteiger charge is 2.45. The van der Waals surface area contributed by atoms with Gasteiger partial charge in [-0.3, -0.25) is 28.8 Å². The fourth-order valence-corrected chi connectivity index (χ4v) is 6.73. The number of benzene rings is 1. The van der Waals surface area contributed by atoms with Gasteiger partial charge in [0.05, 0.1) is 31.8 Å². The zero-order chi connectivity index (χ0) is 41.4. The Morgan fingerprint density at radius 2 is 1.46 bits per heavy atom.